The maximum absolute atomic E-state index is 13.3. The number of fused-ring (bicyclic) bond motifs is 4. The number of amides is 4. The Kier molecular flexibility index (Phi) is 7.73. The fourth-order valence-corrected chi connectivity index (χ4v) is 8.48. The van der Waals surface area contributed by atoms with Gasteiger partial charge in [-0.2, -0.15) is 0 Å². The highest BCUT2D eigenvalue weighted by molar-refractivity contribution is 6.05. The van der Waals surface area contributed by atoms with Crippen LogP contribution in [-0.4, -0.2) is 102 Å². The Morgan fingerprint density at radius 2 is 1.76 bits per heavy atom. The number of carbonyl (C=O) groups excluding carboxylic acids is 4. The average molecular weight is 622 g/mol. The first-order valence-corrected chi connectivity index (χ1v) is 16.9. The van der Waals surface area contributed by atoms with Crippen LogP contribution in [0.4, 0.5) is 10.5 Å². The molecule has 3 saturated heterocycles. The summed E-state index contributed by atoms with van der Waals surface area (Å²) in [6, 6.07) is 3.60. The molecule has 11 nitrogen and oxygen atoms in total. The van der Waals surface area contributed by atoms with E-state index in [2.05, 4.69) is 21.2 Å². The normalized spacial score (nSPS) is 27.1. The number of anilines is 1. The molecule has 244 valence electrons. The molecule has 0 bridgehead atoms. The molecule has 1 aromatic carbocycles. The van der Waals surface area contributed by atoms with Gasteiger partial charge >= 0.3 is 6.09 Å². The summed E-state index contributed by atoms with van der Waals surface area (Å²) >= 11 is 0. The highest BCUT2D eigenvalue weighted by atomic mass is 16.6. The molecular weight excluding hydrogens is 574 g/mol. The van der Waals surface area contributed by atoms with Gasteiger partial charge in [-0.1, -0.05) is 0 Å². The summed E-state index contributed by atoms with van der Waals surface area (Å²) in [5.74, 6) is 0.615. The van der Waals surface area contributed by atoms with Gasteiger partial charge in [0.25, 0.3) is 5.91 Å². The van der Waals surface area contributed by atoms with Crippen LogP contribution in [0.3, 0.4) is 0 Å². The highest BCUT2D eigenvalue weighted by Crippen LogP contribution is 2.47. The Balaban J connectivity index is 0.916. The monoisotopic (exact) mass is 621 g/mol. The lowest BCUT2D eigenvalue weighted by Gasteiger charge is -2.48. The van der Waals surface area contributed by atoms with Crippen molar-refractivity contribution in [3.8, 4) is 5.75 Å². The number of nitrogens with one attached hydrogen (secondary N) is 1. The molecule has 45 heavy (non-hydrogen) atoms. The van der Waals surface area contributed by atoms with Gasteiger partial charge < -0.3 is 24.2 Å². The quantitative estimate of drug-likeness (QED) is 0.511. The van der Waals surface area contributed by atoms with Gasteiger partial charge in [0.1, 0.15) is 24.0 Å². The van der Waals surface area contributed by atoms with Crippen LogP contribution in [0.1, 0.15) is 88.1 Å². The average Bonchev–Trinajstić information content (AvgIpc) is 3.31. The largest absolute Gasteiger partial charge is 0.489 e. The van der Waals surface area contributed by atoms with Crippen LogP contribution in [0.5, 0.6) is 5.75 Å². The van der Waals surface area contributed by atoms with Crippen LogP contribution < -0.4 is 15.0 Å². The third-order valence-corrected chi connectivity index (χ3v) is 11.1. The summed E-state index contributed by atoms with van der Waals surface area (Å²) in [5, 5.41) is 2.38. The van der Waals surface area contributed by atoms with Crippen LogP contribution in [0.15, 0.2) is 12.1 Å². The number of piperidine rings is 2. The summed E-state index contributed by atoms with van der Waals surface area (Å²) in [7, 11) is 0. The van der Waals surface area contributed by atoms with Crippen molar-refractivity contribution in [2.75, 3.05) is 50.8 Å². The number of hydrogen-bond donors (Lipinski definition) is 1. The molecule has 1 spiro atoms. The van der Waals surface area contributed by atoms with Crippen LogP contribution in [0.2, 0.25) is 0 Å². The van der Waals surface area contributed by atoms with Gasteiger partial charge in [-0.15, -0.1) is 0 Å². The molecule has 7 rings (SSSR count). The lowest BCUT2D eigenvalue weighted by molar-refractivity contribution is -0.136. The van der Waals surface area contributed by atoms with Crippen LogP contribution in [-0.2, 0) is 20.9 Å². The minimum atomic E-state index is -0.614. The summed E-state index contributed by atoms with van der Waals surface area (Å²) in [4.78, 5) is 58.5. The van der Waals surface area contributed by atoms with Gasteiger partial charge in [-0.3, -0.25) is 24.6 Å². The van der Waals surface area contributed by atoms with E-state index in [1.807, 2.05) is 31.7 Å². The van der Waals surface area contributed by atoms with Crippen LogP contribution in [0, 0.1) is 11.3 Å². The molecule has 5 aliphatic heterocycles. The Morgan fingerprint density at radius 3 is 2.47 bits per heavy atom. The Labute approximate surface area is 265 Å². The maximum Gasteiger partial charge on any atom is 0.410 e. The lowest BCUT2D eigenvalue weighted by atomic mass is 9.65. The second kappa shape index (κ2) is 11.5. The third-order valence-electron chi connectivity index (χ3n) is 11.1. The van der Waals surface area contributed by atoms with Gasteiger partial charge in [-0.05, 0) is 94.7 Å². The van der Waals surface area contributed by atoms with E-state index in [-0.39, 0.29) is 36.3 Å². The van der Waals surface area contributed by atoms with Crippen molar-refractivity contribution >= 4 is 29.5 Å². The molecule has 4 fully saturated rings. The minimum absolute atomic E-state index is 0.166. The van der Waals surface area contributed by atoms with Crippen molar-refractivity contribution in [3.63, 3.8) is 0 Å². The molecule has 4 amide bonds. The maximum atomic E-state index is 13.3. The fraction of sp³-hybridized carbons (Fsp3) is 0.706. The minimum Gasteiger partial charge on any atom is -0.489 e. The predicted molar refractivity (Wildman–Crippen MR) is 167 cm³/mol. The first-order valence-electron chi connectivity index (χ1n) is 16.9. The molecule has 2 atom stereocenters. The van der Waals surface area contributed by atoms with E-state index in [1.54, 1.807) is 4.90 Å². The standard InChI is InChI=1S/C34H47N5O6/c1-33(2,3)45-32(43)37-12-10-34(11-13-37)8-6-22(7-9-34)18-36-14-15-38-24(20-36)21-44-28-17-25-23(16-27(28)38)19-39(31(25)42)26-4-5-29(40)35-30(26)41/h16-17,22,24,26H,4-15,18-21H2,1-3H3,(H,35,40,41). The van der Waals surface area contributed by atoms with Gasteiger partial charge in [-0.25, -0.2) is 4.79 Å². The van der Waals surface area contributed by atoms with Gasteiger partial charge in [0.05, 0.1) is 11.7 Å². The van der Waals surface area contributed by atoms with Crippen LogP contribution >= 0.6 is 0 Å². The zero-order valence-electron chi connectivity index (χ0n) is 26.9. The van der Waals surface area contributed by atoms with Gasteiger partial charge in [0.2, 0.25) is 11.8 Å². The van der Waals surface area contributed by atoms with E-state index in [0.717, 1.165) is 69.1 Å². The molecule has 0 radical (unpaired) electrons. The molecule has 1 aromatic rings. The van der Waals surface area contributed by atoms with E-state index in [9.17, 15) is 19.2 Å². The number of hydrogen-bond acceptors (Lipinski definition) is 8. The van der Waals surface area contributed by atoms with Crippen molar-refractivity contribution < 1.29 is 28.7 Å². The molecule has 11 heteroatoms. The number of imide groups is 1. The van der Waals surface area contributed by atoms with Gasteiger partial charge in [0.15, 0.2) is 0 Å². The SMILES string of the molecule is CC(C)(C)OC(=O)N1CCC2(CCC(CN3CCN4c5cc6c(cc5OCC4C3)C(=O)N(C3CCC(=O)NC3=O)C6)CC2)CC1. The van der Waals surface area contributed by atoms with E-state index in [4.69, 9.17) is 9.47 Å². The zero-order chi connectivity index (χ0) is 31.5. The van der Waals surface area contributed by atoms with Gasteiger partial charge in [0, 0.05) is 57.8 Å². The Morgan fingerprint density at radius 1 is 1.00 bits per heavy atom. The molecule has 6 aliphatic rings. The number of rotatable bonds is 3. The summed E-state index contributed by atoms with van der Waals surface area (Å²) in [5.41, 5.74) is 2.48. The van der Waals surface area contributed by atoms with Crippen molar-refractivity contribution in [2.45, 2.75) is 96.4 Å². The molecule has 0 aromatic heterocycles. The second-order valence-corrected chi connectivity index (χ2v) is 15.2. The second-order valence-electron chi connectivity index (χ2n) is 15.2. The Bertz CT molecular complexity index is 1370. The molecule has 1 aliphatic carbocycles. The summed E-state index contributed by atoms with van der Waals surface area (Å²) in [6.07, 6.45) is 7.59. The molecule has 2 unspecified atom stereocenters. The van der Waals surface area contributed by atoms with Crippen molar-refractivity contribution in [2.24, 2.45) is 11.3 Å². The van der Waals surface area contributed by atoms with E-state index >= 15 is 0 Å². The van der Waals surface area contributed by atoms with Crippen molar-refractivity contribution in [3.05, 3.63) is 23.3 Å². The lowest BCUT2D eigenvalue weighted by Crippen LogP contribution is -2.58. The number of benzene rings is 1. The topological polar surface area (TPSA) is 112 Å². The number of nitrogens with zero attached hydrogens (tertiary/aromatic N) is 4. The first kappa shape index (κ1) is 30.3. The smallest absolute Gasteiger partial charge is 0.410 e. The van der Waals surface area contributed by atoms with E-state index in [0.29, 0.717) is 36.5 Å². The zero-order valence-corrected chi connectivity index (χ0v) is 26.9. The molecule has 5 heterocycles. The first-order chi connectivity index (χ1) is 21.5. The third kappa shape index (κ3) is 6.00. The summed E-state index contributed by atoms with van der Waals surface area (Å²) in [6.45, 7) is 12.3. The Hall–Kier alpha value is -3.34. The number of ether oxygens (including phenoxy) is 2. The number of carbonyl (C=O) groups is 4. The molecular formula is C34H47N5O6. The van der Waals surface area contributed by atoms with E-state index < -0.39 is 11.6 Å². The fourth-order valence-electron chi connectivity index (χ4n) is 8.48. The molecule has 1 N–H and O–H groups in total. The molecule has 1 saturated carbocycles. The number of piperazine rings is 1. The predicted octanol–water partition coefficient (Wildman–Crippen LogP) is 3.54. The van der Waals surface area contributed by atoms with Crippen LogP contribution in [0.25, 0.3) is 0 Å². The number of likely N-dealkylation sites (tertiary alicyclic amines) is 1. The highest BCUT2D eigenvalue weighted by Gasteiger charge is 2.43. The van der Waals surface area contributed by atoms with Crippen molar-refractivity contribution in [1.29, 1.82) is 0 Å². The van der Waals surface area contributed by atoms with Crippen molar-refractivity contribution in [1.82, 2.24) is 20.0 Å². The van der Waals surface area contributed by atoms with E-state index in [1.165, 1.54) is 25.7 Å². The summed E-state index contributed by atoms with van der Waals surface area (Å²) < 4.78 is 11.8.